The lowest BCUT2D eigenvalue weighted by atomic mass is 10.2. The van der Waals surface area contributed by atoms with E-state index in [1.165, 1.54) is 0 Å². The van der Waals surface area contributed by atoms with E-state index in [0.717, 1.165) is 22.8 Å². The predicted octanol–water partition coefficient (Wildman–Crippen LogP) is 1.73. The molecular weight excluding hydrogens is 323 g/mol. The summed E-state index contributed by atoms with van der Waals surface area (Å²) in [6.45, 7) is 4.31. The van der Waals surface area contributed by atoms with Crippen LogP contribution in [0, 0.1) is 6.92 Å². The lowest BCUT2D eigenvalue weighted by Gasteiger charge is -2.23. The Hall–Kier alpha value is -2.32. The second-order valence-corrected chi connectivity index (χ2v) is 6.54. The Morgan fingerprint density at radius 2 is 2.32 bits per heavy atom. The SMILES string of the molecule is Cc1cc(CN2C[C@@H](F)C[C@H]2CNCc2cnc3cnccn23)on1. The molecule has 0 unspecified atom stereocenters. The van der Waals surface area contributed by atoms with Gasteiger partial charge in [-0.15, -0.1) is 0 Å². The number of alkyl halides is 1. The van der Waals surface area contributed by atoms with Crippen molar-refractivity contribution in [3.63, 3.8) is 0 Å². The Bertz CT molecular complexity index is 846. The molecule has 1 N–H and O–H groups in total. The fraction of sp³-hybridized carbons (Fsp3) is 0.471. The molecule has 0 saturated carbocycles. The summed E-state index contributed by atoms with van der Waals surface area (Å²) in [5, 5.41) is 7.33. The van der Waals surface area contributed by atoms with Crippen molar-refractivity contribution in [3.05, 3.63) is 48.0 Å². The van der Waals surface area contributed by atoms with Crippen LogP contribution in [0.3, 0.4) is 0 Å². The number of nitrogens with one attached hydrogen (secondary N) is 1. The molecule has 0 spiro atoms. The molecule has 1 aliphatic heterocycles. The first-order valence-corrected chi connectivity index (χ1v) is 8.46. The van der Waals surface area contributed by atoms with Crippen LogP contribution in [0.15, 0.2) is 35.4 Å². The molecule has 3 aromatic rings. The molecule has 0 bridgehead atoms. The van der Waals surface area contributed by atoms with Crippen molar-refractivity contribution in [1.29, 1.82) is 0 Å². The molecular formula is C17H21FN6O. The van der Waals surface area contributed by atoms with Crippen molar-refractivity contribution in [2.75, 3.05) is 13.1 Å². The lowest BCUT2D eigenvalue weighted by Crippen LogP contribution is -2.37. The number of aryl methyl sites for hydroxylation is 1. The third-order valence-corrected chi connectivity index (χ3v) is 4.59. The van der Waals surface area contributed by atoms with E-state index in [0.29, 0.717) is 32.6 Å². The van der Waals surface area contributed by atoms with E-state index in [1.54, 1.807) is 12.4 Å². The zero-order valence-electron chi connectivity index (χ0n) is 14.1. The van der Waals surface area contributed by atoms with Crippen LogP contribution in [0.25, 0.3) is 5.65 Å². The van der Waals surface area contributed by atoms with E-state index in [4.69, 9.17) is 4.52 Å². The van der Waals surface area contributed by atoms with Crippen LogP contribution in [0.4, 0.5) is 4.39 Å². The fourth-order valence-electron chi connectivity index (χ4n) is 3.41. The first-order chi connectivity index (χ1) is 12.2. The molecule has 4 rings (SSSR count). The fourth-order valence-corrected chi connectivity index (χ4v) is 3.41. The molecule has 2 atom stereocenters. The van der Waals surface area contributed by atoms with Crippen LogP contribution in [0.1, 0.15) is 23.6 Å². The molecule has 0 amide bonds. The Morgan fingerprint density at radius 1 is 1.40 bits per heavy atom. The summed E-state index contributed by atoms with van der Waals surface area (Å²) in [6, 6.07) is 2.05. The van der Waals surface area contributed by atoms with Crippen molar-refractivity contribution in [2.24, 2.45) is 0 Å². The van der Waals surface area contributed by atoms with Gasteiger partial charge >= 0.3 is 0 Å². The van der Waals surface area contributed by atoms with Crippen molar-refractivity contribution >= 4 is 5.65 Å². The van der Waals surface area contributed by atoms with Gasteiger partial charge in [-0.25, -0.2) is 9.37 Å². The van der Waals surface area contributed by atoms with Gasteiger partial charge in [0, 0.05) is 44.1 Å². The number of nitrogens with zero attached hydrogens (tertiary/aromatic N) is 5. The maximum Gasteiger partial charge on any atom is 0.155 e. The standard InChI is InChI=1S/C17H21FN6O/c1-12-4-16(25-22-12)11-23-10-13(18)5-14(23)6-20-7-15-8-21-17-9-19-2-3-24(15)17/h2-4,8-9,13-14,20H,5-7,10-11H2,1H3/t13-,14-/m0/s1. The molecule has 25 heavy (non-hydrogen) atoms. The van der Waals surface area contributed by atoms with Gasteiger partial charge in [0.1, 0.15) is 6.17 Å². The molecule has 8 heteroatoms. The van der Waals surface area contributed by atoms with Gasteiger partial charge in [0.25, 0.3) is 0 Å². The summed E-state index contributed by atoms with van der Waals surface area (Å²) in [5.41, 5.74) is 2.73. The Balaban J connectivity index is 1.36. The number of imidazole rings is 1. The molecule has 0 aromatic carbocycles. The Labute approximate surface area is 144 Å². The van der Waals surface area contributed by atoms with Crippen LogP contribution in [-0.4, -0.2) is 49.7 Å². The van der Waals surface area contributed by atoms with E-state index >= 15 is 0 Å². The van der Waals surface area contributed by atoms with Gasteiger partial charge in [0.05, 0.1) is 30.3 Å². The summed E-state index contributed by atoms with van der Waals surface area (Å²) in [4.78, 5) is 10.5. The smallest absolute Gasteiger partial charge is 0.155 e. The van der Waals surface area contributed by atoms with Crippen LogP contribution >= 0.6 is 0 Å². The number of rotatable bonds is 6. The number of halogens is 1. The number of hydrogen-bond donors (Lipinski definition) is 1. The predicted molar refractivity (Wildman–Crippen MR) is 89.6 cm³/mol. The van der Waals surface area contributed by atoms with E-state index in [2.05, 4.69) is 25.3 Å². The lowest BCUT2D eigenvalue weighted by molar-refractivity contribution is 0.204. The average Bonchev–Trinajstić information content (AvgIpc) is 3.28. The summed E-state index contributed by atoms with van der Waals surface area (Å²) in [5.74, 6) is 0.783. The third kappa shape index (κ3) is 3.54. The topological polar surface area (TPSA) is 71.5 Å². The monoisotopic (exact) mass is 344 g/mol. The van der Waals surface area contributed by atoms with Crippen molar-refractivity contribution in [2.45, 2.75) is 38.6 Å². The van der Waals surface area contributed by atoms with Crippen LogP contribution < -0.4 is 5.32 Å². The van der Waals surface area contributed by atoms with E-state index in [1.807, 2.05) is 29.8 Å². The highest BCUT2D eigenvalue weighted by molar-refractivity contribution is 5.36. The zero-order chi connectivity index (χ0) is 17.2. The largest absolute Gasteiger partial charge is 0.360 e. The second-order valence-electron chi connectivity index (χ2n) is 6.54. The minimum atomic E-state index is -0.794. The number of fused-ring (bicyclic) bond motifs is 1. The first kappa shape index (κ1) is 16.2. The Kier molecular flexibility index (Phi) is 4.46. The molecule has 1 fully saturated rings. The number of likely N-dealkylation sites (tertiary alicyclic amines) is 1. The number of hydrogen-bond acceptors (Lipinski definition) is 6. The molecule has 1 saturated heterocycles. The highest BCUT2D eigenvalue weighted by Gasteiger charge is 2.32. The highest BCUT2D eigenvalue weighted by atomic mass is 19.1. The molecule has 4 heterocycles. The maximum atomic E-state index is 13.9. The zero-order valence-corrected chi connectivity index (χ0v) is 14.1. The van der Waals surface area contributed by atoms with Gasteiger partial charge in [-0.2, -0.15) is 0 Å². The average molecular weight is 344 g/mol. The molecule has 1 aliphatic rings. The first-order valence-electron chi connectivity index (χ1n) is 8.46. The van der Waals surface area contributed by atoms with Gasteiger partial charge in [-0.3, -0.25) is 14.3 Å². The van der Waals surface area contributed by atoms with Crippen LogP contribution in [0.2, 0.25) is 0 Å². The van der Waals surface area contributed by atoms with E-state index in [9.17, 15) is 4.39 Å². The summed E-state index contributed by atoms with van der Waals surface area (Å²) >= 11 is 0. The molecule has 3 aromatic heterocycles. The highest BCUT2D eigenvalue weighted by Crippen LogP contribution is 2.22. The van der Waals surface area contributed by atoms with Crippen molar-refractivity contribution < 1.29 is 8.91 Å². The second kappa shape index (κ2) is 6.89. The third-order valence-electron chi connectivity index (χ3n) is 4.59. The van der Waals surface area contributed by atoms with E-state index < -0.39 is 6.17 Å². The summed E-state index contributed by atoms with van der Waals surface area (Å²) in [6.07, 6.45) is 6.95. The quantitative estimate of drug-likeness (QED) is 0.734. The molecule has 0 aliphatic carbocycles. The molecule has 132 valence electrons. The van der Waals surface area contributed by atoms with E-state index in [-0.39, 0.29) is 6.04 Å². The summed E-state index contributed by atoms with van der Waals surface area (Å²) < 4.78 is 21.2. The number of aromatic nitrogens is 4. The molecule has 0 radical (unpaired) electrons. The summed E-state index contributed by atoms with van der Waals surface area (Å²) in [7, 11) is 0. The minimum absolute atomic E-state index is 0.140. The van der Waals surface area contributed by atoms with Crippen LogP contribution in [0.5, 0.6) is 0 Å². The van der Waals surface area contributed by atoms with Crippen molar-refractivity contribution in [3.8, 4) is 0 Å². The Morgan fingerprint density at radius 3 is 3.16 bits per heavy atom. The van der Waals surface area contributed by atoms with Crippen LogP contribution in [-0.2, 0) is 13.1 Å². The van der Waals surface area contributed by atoms with Gasteiger partial charge < -0.3 is 9.84 Å². The molecule has 7 nitrogen and oxygen atoms in total. The van der Waals surface area contributed by atoms with Crippen molar-refractivity contribution in [1.82, 2.24) is 29.7 Å². The van der Waals surface area contributed by atoms with Gasteiger partial charge in [0.2, 0.25) is 0 Å². The van der Waals surface area contributed by atoms with Gasteiger partial charge in [-0.05, 0) is 13.3 Å². The maximum absolute atomic E-state index is 13.9. The minimum Gasteiger partial charge on any atom is -0.360 e. The van der Waals surface area contributed by atoms with Gasteiger partial charge in [-0.1, -0.05) is 5.16 Å². The normalized spacial score (nSPS) is 21.4. The van der Waals surface area contributed by atoms with Gasteiger partial charge in [0.15, 0.2) is 11.4 Å².